The summed E-state index contributed by atoms with van der Waals surface area (Å²) in [5.74, 6) is 0. The number of furan rings is 2. The van der Waals surface area contributed by atoms with E-state index in [1.54, 1.807) is 0 Å². The molecule has 3 nitrogen and oxygen atoms in total. The molecule has 0 aliphatic rings. The molecular weight excluding hydrogens is 599 g/mol. The maximum atomic E-state index is 6.43. The molecule has 0 amide bonds. The second-order valence-electron chi connectivity index (χ2n) is 12.9. The summed E-state index contributed by atoms with van der Waals surface area (Å²) in [6.07, 6.45) is 0. The van der Waals surface area contributed by atoms with E-state index in [1.807, 2.05) is 18.2 Å². The summed E-state index contributed by atoms with van der Waals surface area (Å²) < 4.78 is 12.7. The third kappa shape index (κ3) is 3.84. The first-order valence-electron chi connectivity index (χ1n) is 16.7. The Morgan fingerprint density at radius 3 is 1.80 bits per heavy atom. The molecule has 0 N–H and O–H groups in total. The standard InChI is InChI=1S/C46H27NO2/c1-2-11-32-29(10-1)24-41(34-13-4-3-12-33(32)34)47(40-16-9-19-44-46(40)36-15-6-8-18-43(36)48-44)31-23-22-28-20-21-30-25-45-39(27-38(30)37(28)26-31)35-14-5-7-17-42(35)49-45/h1-27H. The molecule has 0 fully saturated rings. The van der Waals surface area contributed by atoms with E-state index < -0.39 is 0 Å². The number of para-hydroxylation sites is 2. The molecule has 2 heterocycles. The van der Waals surface area contributed by atoms with Crippen LogP contribution in [0, 0.1) is 0 Å². The largest absolute Gasteiger partial charge is 0.456 e. The van der Waals surface area contributed by atoms with Gasteiger partial charge in [0.25, 0.3) is 0 Å². The lowest BCUT2D eigenvalue weighted by Gasteiger charge is -2.28. The van der Waals surface area contributed by atoms with Crippen molar-refractivity contribution >= 4 is 104 Å². The van der Waals surface area contributed by atoms with E-state index in [0.29, 0.717) is 0 Å². The SMILES string of the molecule is c1ccc2c(c1)cc(N(c1ccc3ccc4cc5oc6ccccc6c5cc4c3c1)c1cccc3oc4ccccc4c13)c1ccccc12. The van der Waals surface area contributed by atoms with Crippen molar-refractivity contribution in [1.82, 2.24) is 0 Å². The Hall–Kier alpha value is -6.58. The van der Waals surface area contributed by atoms with Crippen LogP contribution in [0.3, 0.4) is 0 Å². The highest BCUT2D eigenvalue weighted by molar-refractivity contribution is 6.20. The molecule has 228 valence electrons. The molecule has 0 bridgehead atoms. The Labute approximate surface area is 280 Å². The van der Waals surface area contributed by atoms with Gasteiger partial charge in [-0.15, -0.1) is 0 Å². The van der Waals surface area contributed by atoms with Crippen molar-refractivity contribution in [3.8, 4) is 0 Å². The van der Waals surface area contributed by atoms with Crippen molar-refractivity contribution in [1.29, 1.82) is 0 Å². The molecule has 0 saturated carbocycles. The second-order valence-corrected chi connectivity index (χ2v) is 12.9. The van der Waals surface area contributed by atoms with Crippen LogP contribution in [-0.2, 0) is 0 Å². The average Bonchev–Trinajstić information content (AvgIpc) is 3.72. The Kier molecular flexibility index (Phi) is 5.38. The summed E-state index contributed by atoms with van der Waals surface area (Å²) >= 11 is 0. The van der Waals surface area contributed by atoms with Gasteiger partial charge in [-0.25, -0.2) is 0 Å². The van der Waals surface area contributed by atoms with Gasteiger partial charge in [-0.1, -0.05) is 109 Å². The van der Waals surface area contributed by atoms with Crippen molar-refractivity contribution in [2.75, 3.05) is 4.90 Å². The van der Waals surface area contributed by atoms with Crippen LogP contribution in [-0.4, -0.2) is 0 Å². The van der Waals surface area contributed by atoms with Crippen LogP contribution >= 0.6 is 0 Å². The normalized spacial score (nSPS) is 12.1. The van der Waals surface area contributed by atoms with Gasteiger partial charge in [0.1, 0.15) is 22.3 Å². The molecule has 11 aromatic rings. The van der Waals surface area contributed by atoms with Crippen molar-refractivity contribution in [3.05, 3.63) is 164 Å². The van der Waals surface area contributed by atoms with E-state index in [-0.39, 0.29) is 0 Å². The van der Waals surface area contributed by atoms with Crippen LogP contribution in [0.4, 0.5) is 17.1 Å². The van der Waals surface area contributed by atoms with Crippen LogP contribution in [0.25, 0.3) is 87.0 Å². The number of nitrogens with zero attached hydrogens (tertiary/aromatic N) is 1. The number of fused-ring (bicyclic) bond motifs is 12. The zero-order valence-corrected chi connectivity index (χ0v) is 26.4. The van der Waals surface area contributed by atoms with E-state index in [1.165, 1.54) is 37.7 Å². The summed E-state index contributed by atoms with van der Waals surface area (Å²) in [6, 6.07) is 58.6. The number of benzene rings is 9. The number of hydrogen-bond donors (Lipinski definition) is 0. The lowest BCUT2D eigenvalue weighted by Crippen LogP contribution is -2.11. The van der Waals surface area contributed by atoms with E-state index in [0.717, 1.165) is 66.3 Å². The van der Waals surface area contributed by atoms with Gasteiger partial charge in [0.15, 0.2) is 0 Å². The van der Waals surface area contributed by atoms with Crippen LogP contribution in [0.2, 0.25) is 0 Å². The molecule has 0 saturated heterocycles. The van der Waals surface area contributed by atoms with Gasteiger partial charge in [0.2, 0.25) is 0 Å². The number of rotatable bonds is 3. The van der Waals surface area contributed by atoms with Gasteiger partial charge in [-0.2, -0.15) is 0 Å². The van der Waals surface area contributed by atoms with Crippen molar-refractivity contribution < 1.29 is 8.83 Å². The molecule has 0 atom stereocenters. The van der Waals surface area contributed by atoms with Gasteiger partial charge in [-0.05, 0) is 92.3 Å². The second kappa shape index (κ2) is 9.96. The van der Waals surface area contributed by atoms with Crippen molar-refractivity contribution in [2.24, 2.45) is 0 Å². The third-order valence-corrected chi connectivity index (χ3v) is 10.2. The predicted molar refractivity (Wildman–Crippen MR) is 206 cm³/mol. The third-order valence-electron chi connectivity index (χ3n) is 10.2. The molecule has 0 aliphatic carbocycles. The highest BCUT2D eigenvalue weighted by Crippen LogP contribution is 2.47. The van der Waals surface area contributed by atoms with Crippen LogP contribution in [0.1, 0.15) is 0 Å². The lowest BCUT2D eigenvalue weighted by atomic mass is 9.97. The zero-order chi connectivity index (χ0) is 32.1. The quantitative estimate of drug-likeness (QED) is 0.183. The molecular formula is C46H27NO2. The fourth-order valence-corrected chi connectivity index (χ4v) is 7.97. The van der Waals surface area contributed by atoms with Crippen LogP contribution in [0.5, 0.6) is 0 Å². The van der Waals surface area contributed by atoms with Gasteiger partial charge in [0.05, 0.1) is 16.8 Å². The summed E-state index contributed by atoms with van der Waals surface area (Å²) in [5, 5.41) is 14.1. The molecule has 11 rings (SSSR count). The monoisotopic (exact) mass is 625 g/mol. The maximum absolute atomic E-state index is 6.43. The minimum atomic E-state index is 0.870. The average molecular weight is 626 g/mol. The highest BCUT2D eigenvalue weighted by atomic mass is 16.3. The van der Waals surface area contributed by atoms with E-state index in [4.69, 9.17) is 8.83 Å². The smallest absolute Gasteiger partial charge is 0.137 e. The first-order valence-corrected chi connectivity index (χ1v) is 16.7. The topological polar surface area (TPSA) is 29.5 Å². The highest BCUT2D eigenvalue weighted by Gasteiger charge is 2.22. The molecule has 2 aromatic heterocycles. The number of anilines is 3. The minimum absolute atomic E-state index is 0.870. The Balaban J connectivity index is 1.26. The van der Waals surface area contributed by atoms with Gasteiger partial charge in [0, 0.05) is 27.2 Å². The van der Waals surface area contributed by atoms with Crippen molar-refractivity contribution in [2.45, 2.75) is 0 Å². The molecule has 0 aliphatic heterocycles. The summed E-state index contributed by atoms with van der Waals surface area (Å²) in [4.78, 5) is 2.43. The Morgan fingerprint density at radius 2 is 0.918 bits per heavy atom. The van der Waals surface area contributed by atoms with Crippen molar-refractivity contribution in [3.63, 3.8) is 0 Å². The Morgan fingerprint density at radius 1 is 0.306 bits per heavy atom. The first-order chi connectivity index (χ1) is 24.3. The van der Waals surface area contributed by atoms with Crippen LogP contribution < -0.4 is 4.90 Å². The minimum Gasteiger partial charge on any atom is -0.456 e. The van der Waals surface area contributed by atoms with E-state index >= 15 is 0 Å². The predicted octanol–water partition coefficient (Wildman–Crippen LogP) is 13.6. The first kappa shape index (κ1) is 26.5. The molecule has 3 heteroatoms. The fourth-order valence-electron chi connectivity index (χ4n) is 7.97. The van der Waals surface area contributed by atoms with E-state index in [9.17, 15) is 0 Å². The van der Waals surface area contributed by atoms with Crippen LogP contribution in [0.15, 0.2) is 173 Å². The van der Waals surface area contributed by atoms with Gasteiger partial charge >= 0.3 is 0 Å². The summed E-state index contributed by atoms with van der Waals surface area (Å²) in [5.41, 5.74) is 6.85. The van der Waals surface area contributed by atoms with E-state index in [2.05, 4.69) is 150 Å². The molecule has 0 radical (unpaired) electrons. The number of hydrogen-bond acceptors (Lipinski definition) is 3. The molecule has 0 spiro atoms. The fraction of sp³-hybridized carbons (Fsp3) is 0. The van der Waals surface area contributed by atoms with Gasteiger partial charge < -0.3 is 13.7 Å². The lowest BCUT2D eigenvalue weighted by molar-refractivity contribution is 0.669. The Bertz CT molecular complexity index is 3130. The van der Waals surface area contributed by atoms with Gasteiger partial charge in [-0.3, -0.25) is 0 Å². The molecule has 9 aromatic carbocycles. The molecule has 49 heavy (non-hydrogen) atoms. The zero-order valence-electron chi connectivity index (χ0n) is 26.4. The maximum Gasteiger partial charge on any atom is 0.137 e. The summed E-state index contributed by atoms with van der Waals surface area (Å²) in [7, 11) is 0. The molecule has 0 unspecified atom stereocenters. The summed E-state index contributed by atoms with van der Waals surface area (Å²) in [6.45, 7) is 0.